The Hall–Kier alpha value is -2.78. The van der Waals surface area contributed by atoms with Crippen LogP contribution in [0.3, 0.4) is 0 Å². The van der Waals surface area contributed by atoms with E-state index in [4.69, 9.17) is 0 Å². The molecule has 0 saturated heterocycles. The van der Waals surface area contributed by atoms with Crippen LogP contribution in [0.4, 0.5) is 27.6 Å². The number of nitrogens with zero attached hydrogens (tertiary/aromatic N) is 2. The smallest absolute Gasteiger partial charge is 0.415 e. The van der Waals surface area contributed by atoms with Crippen LogP contribution in [0.1, 0.15) is 11.1 Å². The zero-order chi connectivity index (χ0) is 17.5. The SMILES string of the molecule is O=C1Cc2c(-c3cnc(OC(F)F)cn3)ccc(C(F)(F)F)c2N1. The number of amides is 1. The molecule has 5 nitrogen and oxygen atoms in total. The molecule has 0 spiro atoms. The molecule has 0 fully saturated rings. The molecule has 1 aliphatic heterocycles. The van der Waals surface area contributed by atoms with Gasteiger partial charge in [0, 0.05) is 5.56 Å². The fourth-order valence-electron chi connectivity index (χ4n) is 2.40. The van der Waals surface area contributed by atoms with E-state index in [-0.39, 0.29) is 28.9 Å². The lowest BCUT2D eigenvalue weighted by Crippen LogP contribution is -2.10. The van der Waals surface area contributed by atoms with Crippen molar-refractivity contribution >= 4 is 11.6 Å². The van der Waals surface area contributed by atoms with Crippen molar-refractivity contribution in [2.45, 2.75) is 19.2 Å². The Morgan fingerprint density at radius 2 is 1.92 bits per heavy atom. The Kier molecular flexibility index (Phi) is 3.82. The van der Waals surface area contributed by atoms with Gasteiger partial charge in [0.25, 0.3) is 0 Å². The van der Waals surface area contributed by atoms with Gasteiger partial charge in [0.15, 0.2) is 0 Å². The molecule has 0 unspecified atom stereocenters. The first kappa shape index (κ1) is 16.1. The van der Waals surface area contributed by atoms with Gasteiger partial charge in [0.2, 0.25) is 11.8 Å². The van der Waals surface area contributed by atoms with Crippen LogP contribution in [0.5, 0.6) is 5.88 Å². The lowest BCUT2D eigenvalue weighted by Gasteiger charge is -2.14. The molecule has 126 valence electrons. The summed E-state index contributed by atoms with van der Waals surface area (Å²) in [7, 11) is 0. The van der Waals surface area contributed by atoms with Crippen molar-refractivity contribution in [2.75, 3.05) is 5.32 Å². The van der Waals surface area contributed by atoms with Gasteiger partial charge in [-0.3, -0.25) is 4.79 Å². The molecule has 1 N–H and O–H groups in total. The van der Waals surface area contributed by atoms with Crippen molar-refractivity contribution in [3.8, 4) is 17.1 Å². The van der Waals surface area contributed by atoms with Gasteiger partial charge in [-0.25, -0.2) is 9.97 Å². The van der Waals surface area contributed by atoms with Gasteiger partial charge in [-0.05, 0) is 11.6 Å². The molecular weight excluding hydrogens is 337 g/mol. The number of carbonyl (C=O) groups excluding carboxylic acids is 1. The molecule has 2 aromatic rings. The molecule has 3 rings (SSSR count). The highest BCUT2D eigenvalue weighted by atomic mass is 19.4. The van der Waals surface area contributed by atoms with Crippen molar-refractivity contribution < 1.29 is 31.5 Å². The second kappa shape index (κ2) is 5.69. The summed E-state index contributed by atoms with van der Waals surface area (Å²) in [6, 6.07) is 1.99. The summed E-state index contributed by atoms with van der Waals surface area (Å²) in [6.45, 7) is -3.07. The fraction of sp³-hybridized carbons (Fsp3) is 0.214. The number of rotatable bonds is 3. The van der Waals surface area contributed by atoms with E-state index in [9.17, 15) is 26.7 Å². The minimum Gasteiger partial charge on any atom is -0.415 e. The monoisotopic (exact) mass is 345 g/mol. The van der Waals surface area contributed by atoms with Crippen LogP contribution in [0.15, 0.2) is 24.5 Å². The Morgan fingerprint density at radius 1 is 1.17 bits per heavy atom. The molecule has 0 atom stereocenters. The van der Waals surface area contributed by atoms with E-state index >= 15 is 0 Å². The van der Waals surface area contributed by atoms with Crippen molar-refractivity contribution in [1.29, 1.82) is 0 Å². The van der Waals surface area contributed by atoms with Crippen molar-refractivity contribution in [1.82, 2.24) is 9.97 Å². The first-order valence-corrected chi connectivity index (χ1v) is 6.56. The topological polar surface area (TPSA) is 64.1 Å². The fourth-order valence-corrected chi connectivity index (χ4v) is 2.40. The summed E-state index contributed by atoms with van der Waals surface area (Å²) in [5, 5.41) is 2.19. The molecule has 10 heteroatoms. The molecule has 1 aliphatic rings. The Balaban J connectivity index is 2.04. The maximum Gasteiger partial charge on any atom is 0.418 e. The minimum absolute atomic E-state index is 0.131. The summed E-state index contributed by atoms with van der Waals surface area (Å²) in [4.78, 5) is 19.0. The second-order valence-electron chi connectivity index (χ2n) is 4.86. The first-order valence-electron chi connectivity index (χ1n) is 6.56. The highest BCUT2D eigenvalue weighted by Crippen LogP contribution is 2.42. The van der Waals surface area contributed by atoms with Gasteiger partial charge in [-0.2, -0.15) is 22.0 Å². The van der Waals surface area contributed by atoms with E-state index in [2.05, 4.69) is 20.0 Å². The average Bonchev–Trinajstić information content (AvgIpc) is 2.86. The van der Waals surface area contributed by atoms with Crippen molar-refractivity contribution in [2.24, 2.45) is 0 Å². The largest absolute Gasteiger partial charge is 0.418 e. The number of nitrogens with one attached hydrogen (secondary N) is 1. The second-order valence-corrected chi connectivity index (χ2v) is 4.86. The van der Waals surface area contributed by atoms with Crippen LogP contribution < -0.4 is 10.1 Å². The number of benzene rings is 1. The summed E-state index contributed by atoms with van der Waals surface area (Å²) in [5.41, 5.74) is -0.755. The molecule has 1 amide bonds. The molecule has 0 saturated carbocycles. The van der Waals surface area contributed by atoms with E-state index < -0.39 is 30.1 Å². The van der Waals surface area contributed by atoms with E-state index in [1.54, 1.807) is 0 Å². The van der Waals surface area contributed by atoms with Gasteiger partial charge in [-0.15, -0.1) is 0 Å². The molecular formula is C14H8F5N3O2. The normalized spacial score (nSPS) is 13.8. The zero-order valence-electron chi connectivity index (χ0n) is 11.7. The maximum absolute atomic E-state index is 13.0. The Bertz CT molecular complexity index is 790. The van der Waals surface area contributed by atoms with Crippen LogP contribution in [0.25, 0.3) is 11.3 Å². The molecule has 2 heterocycles. The first-order chi connectivity index (χ1) is 11.3. The molecule has 24 heavy (non-hydrogen) atoms. The van der Waals surface area contributed by atoms with Gasteiger partial charge in [0.05, 0.1) is 35.8 Å². The predicted molar refractivity (Wildman–Crippen MR) is 71.4 cm³/mol. The van der Waals surface area contributed by atoms with Crippen LogP contribution in [0, 0.1) is 0 Å². The number of hydrogen-bond donors (Lipinski definition) is 1. The quantitative estimate of drug-likeness (QED) is 0.868. The van der Waals surface area contributed by atoms with Crippen LogP contribution in [-0.4, -0.2) is 22.5 Å². The van der Waals surface area contributed by atoms with E-state index in [1.807, 2.05) is 0 Å². The molecule has 0 aliphatic carbocycles. The molecule has 1 aromatic heterocycles. The van der Waals surface area contributed by atoms with Gasteiger partial charge in [0.1, 0.15) is 0 Å². The highest BCUT2D eigenvalue weighted by molar-refractivity contribution is 6.02. The summed E-state index contributed by atoms with van der Waals surface area (Å²) in [6.07, 6.45) is -2.86. The number of fused-ring (bicyclic) bond motifs is 1. The van der Waals surface area contributed by atoms with Crippen molar-refractivity contribution in [3.63, 3.8) is 0 Å². The molecule has 1 aromatic carbocycles. The zero-order valence-corrected chi connectivity index (χ0v) is 11.7. The number of halogens is 5. The average molecular weight is 345 g/mol. The lowest BCUT2D eigenvalue weighted by molar-refractivity contribution is -0.136. The number of ether oxygens (including phenoxy) is 1. The van der Waals surface area contributed by atoms with E-state index in [0.717, 1.165) is 18.5 Å². The van der Waals surface area contributed by atoms with Crippen molar-refractivity contribution in [3.05, 3.63) is 35.7 Å². The number of carbonyl (C=O) groups is 1. The summed E-state index contributed by atoms with van der Waals surface area (Å²) >= 11 is 0. The van der Waals surface area contributed by atoms with Gasteiger partial charge < -0.3 is 10.1 Å². The van der Waals surface area contributed by atoms with E-state index in [0.29, 0.717) is 0 Å². The van der Waals surface area contributed by atoms with Gasteiger partial charge >= 0.3 is 12.8 Å². The summed E-state index contributed by atoms with van der Waals surface area (Å²) in [5.74, 6) is -1.000. The third-order valence-electron chi connectivity index (χ3n) is 3.33. The number of anilines is 1. The third-order valence-corrected chi connectivity index (χ3v) is 3.33. The number of alkyl halides is 5. The van der Waals surface area contributed by atoms with Gasteiger partial charge in [-0.1, -0.05) is 6.07 Å². The maximum atomic E-state index is 13.0. The predicted octanol–water partition coefficient (Wildman–Crippen LogP) is 3.26. The number of aromatic nitrogens is 2. The van der Waals surface area contributed by atoms with E-state index in [1.165, 1.54) is 6.07 Å². The standard InChI is InChI=1S/C14H8F5N3O2/c15-13(16)24-11-5-20-9(4-21-11)6-1-2-8(14(17,18)19)12-7(6)3-10(23)22-12/h1-2,4-5,13H,3H2,(H,22,23). The third kappa shape index (κ3) is 2.99. The molecule has 0 radical (unpaired) electrons. The van der Waals surface area contributed by atoms with Crippen LogP contribution in [0.2, 0.25) is 0 Å². The lowest BCUT2D eigenvalue weighted by atomic mass is 9.98. The van der Waals surface area contributed by atoms with Crippen LogP contribution in [-0.2, 0) is 17.4 Å². The Morgan fingerprint density at radius 3 is 2.50 bits per heavy atom. The minimum atomic E-state index is -4.62. The summed E-state index contributed by atoms with van der Waals surface area (Å²) < 4.78 is 67.3. The molecule has 0 bridgehead atoms. The van der Waals surface area contributed by atoms with Crippen LogP contribution >= 0.6 is 0 Å². The highest BCUT2D eigenvalue weighted by Gasteiger charge is 2.38. The number of hydrogen-bond acceptors (Lipinski definition) is 4. The Labute approximate surface area is 131 Å².